The summed E-state index contributed by atoms with van der Waals surface area (Å²) in [7, 11) is 0. The zero-order valence-corrected chi connectivity index (χ0v) is 6.03. The summed E-state index contributed by atoms with van der Waals surface area (Å²) in [6.07, 6.45) is 6.27. The van der Waals surface area contributed by atoms with Crippen molar-refractivity contribution in [2.45, 2.75) is 37.9 Å². The van der Waals surface area contributed by atoms with E-state index in [9.17, 15) is 10.2 Å². The van der Waals surface area contributed by atoms with E-state index in [0.29, 0.717) is 12.8 Å². The molecule has 0 amide bonds. The van der Waals surface area contributed by atoms with E-state index in [1.807, 2.05) is 0 Å². The molecule has 2 atom stereocenters. The Morgan fingerprint density at radius 2 is 1.30 bits per heavy atom. The summed E-state index contributed by atoms with van der Waals surface area (Å²) in [5.41, 5.74) is 0. The summed E-state index contributed by atoms with van der Waals surface area (Å²) in [4.78, 5) is 0. The number of allylic oxidation sites excluding steroid dienone is 2. The normalized spacial score (nSPS) is 38.2. The topological polar surface area (TPSA) is 40.5 Å². The molecule has 2 nitrogen and oxygen atoms in total. The van der Waals surface area contributed by atoms with Crippen molar-refractivity contribution in [3.63, 3.8) is 0 Å². The van der Waals surface area contributed by atoms with E-state index in [-0.39, 0.29) is 0 Å². The molecule has 0 aromatic heterocycles. The van der Waals surface area contributed by atoms with Crippen LogP contribution in [0.25, 0.3) is 0 Å². The third kappa shape index (κ3) is 2.12. The maximum atomic E-state index is 9.20. The molecule has 0 radical (unpaired) electrons. The Labute approximate surface area is 61.2 Å². The zero-order valence-electron chi connectivity index (χ0n) is 6.03. The molecule has 0 saturated carbocycles. The van der Waals surface area contributed by atoms with Crippen molar-refractivity contribution in [1.29, 1.82) is 0 Å². The fourth-order valence-corrected chi connectivity index (χ4v) is 1.15. The van der Waals surface area contributed by atoms with Gasteiger partial charge in [0.2, 0.25) is 0 Å². The number of aliphatic hydroxyl groups excluding tert-OH is 2. The minimum atomic E-state index is -0.509. The molecule has 0 heterocycles. The molecule has 0 aromatic carbocycles. The first-order chi connectivity index (χ1) is 4.80. The zero-order chi connectivity index (χ0) is 7.40. The van der Waals surface area contributed by atoms with E-state index in [1.54, 1.807) is 0 Å². The van der Waals surface area contributed by atoms with E-state index in [0.717, 1.165) is 12.8 Å². The minimum absolute atomic E-state index is 0.509. The quantitative estimate of drug-likeness (QED) is 0.492. The summed E-state index contributed by atoms with van der Waals surface area (Å²) in [6.45, 7) is 0. The van der Waals surface area contributed by atoms with Crippen molar-refractivity contribution >= 4 is 0 Å². The number of hydrogen-bond donors (Lipinski definition) is 2. The highest BCUT2D eigenvalue weighted by atomic mass is 16.3. The smallest absolute Gasteiger partial charge is 0.0802 e. The lowest BCUT2D eigenvalue weighted by Crippen LogP contribution is -2.25. The van der Waals surface area contributed by atoms with Gasteiger partial charge in [-0.25, -0.2) is 0 Å². The number of rotatable bonds is 0. The first-order valence-electron chi connectivity index (χ1n) is 3.82. The Hall–Kier alpha value is -0.340. The Morgan fingerprint density at radius 1 is 0.900 bits per heavy atom. The molecule has 2 heteroatoms. The number of aliphatic hydroxyl groups is 2. The summed E-state index contributed by atoms with van der Waals surface area (Å²) < 4.78 is 0. The van der Waals surface area contributed by atoms with Crippen LogP contribution in [-0.2, 0) is 0 Å². The number of hydrogen-bond acceptors (Lipinski definition) is 2. The van der Waals surface area contributed by atoms with E-state index in [2.05, 4.69) is 12.2 Å². The van der Waals surface area contributed by atoms with Crippen molar-refractivity contribution in [1.82, 2.24) is 0 Å². The maximum absolute atomic E-state index is 9.20. The van der Waals surface area contributed by atoms with Gasteiger partial charge in [-0.3, -0.25) is 0 Å². The third-order valence-corrected chi connectivity index (χ3v) is 1.87. The highest BCUT2D eigenvalue weighted by Gasteiger charge is 2.15. The highest BCUT2D eigenvalue weighted by Crippen LogP contribution is 2.12. The predicted molar refractivity (Wildman–Crippen MR) is 39.6 cm³/mol. The first kappa shape index (κ1) is 7.76. The average Bonchev–Trinajstić information content (AvgIpc) is 1.92. The van der Waals surface area contributed by atoms with Crippen LogP contribution in [0.3, 0.4) is 0 Å². The summed E-state index contributed by atoms with van der Waals surface area (Å²) >= 11 is 0. The minimum Gasteiger partial charge on any atom is -0.390 e. The predicted octanol–water partition coefficient (Wildman–Crippen LogP) is 0.838. The van der Waals surface area contributed by atoms with Gasteiger partial charge in [0, 0.05) is 0 Å². The molecule has 1 rings (SSSR count). The van der Waals surface area contributed by atoms with E-state index >= 15 is 0 Å². The molecule has 0 aliphatic heterocycles. The van der Waals surface area contributed by atoms with Gasteiger partial charge in [-0.2, -0.15) is 0 Å². The van der Waals surface area contributed by atoms with Crippen LogP contribution in [0.5, 0.6) is 0 Å². The standard InChI is InChI=1S/C8H14O2/c9-7-5-3-1-2-4-6-8(7)10/h1-2,7-10H,3-6H2/b2-1-/t7-,8+. The van der Waals surface area contributed by atoms with Crippen LogP contribution in [0.4, 0.5) is 0 Å². The molecule has 0 fully saturated rings. The van der Waals surface area contributed by atoms with Gasteiger partial charge in [0.1, 0.15) is 0 Å². The molecule has 0 saturated heterocycles. The molecule has 1 aliphatic carbocycles. The molecule has 2 N–H and O–H groups in total. The summed E-state index contributed by atoms with van der Waals surface area (Å²) in [5, 5.41) is 18.4. The second-order valence-electron chi connectivity index (χ2n) is 2.76. The van der Waals surface area contributed by atoms with Crippen molar-refractivity contribution in [2.24, 2.45) is 0 Å². The SMILES string of the molecule is O[C@@H]1CC/C=C\CC[C@@H]1O. The second kappa shape index (κ2) is 3.74. The Morgan fingerprint density at radius 3 is 1.70 bits per heavy atom. The van der Waals surface area contributed by atoms with Crippen LogP contribution in [0.1, 0.15) is 25.7 Å². The molecular weight excluding hydrogens is 128 g/mol. The third-order valence-electron chi connectivity index (χ3n) is 1.87. The lowest BCUT2D eigenvalue weighted by Gasteiger charge is -2.17. The van der Waals surface area contributed by atoms with Crippen LogP contribution in [-0.4, -0.2) is 22.4 Å². The van der Waals surface area contributed by atoms with Crippen LogP contribution < -0.4 is 0 Å². The molecule has 0 aromatic rings. The molecule has 0 spiro atoms. The van der Waals surface area contributed by atoms with Gasteiger partial charge in [-0.15, -0.1) is 0 Å². The van der Waals surface area contributed by atoms with Crippen LogP contribution >= 0.6 is 0 Å². The van der Waals surface area contributed by atoms with Crippen LogP contribution in [0, 0.1) is 0 Å². The molecular formula is C8H14O2. The van der Waals surface area contributed by atoms with Gasteiger partial charge >= 0.3 is 0 Å². The van der Waals surface area contributed by atoms with Crippen LogP contribution in [0.15, 0.2) is 12.2 Å². The van der Waals surface area contributed by atoms with Crippen LogP contribution in [0.2, 0.25) is 0 Å². The maximum Gasteiger partial charge on any atom is 0.0802 e. The Balaban J connectivity index is 2.40. The molecule has 58 valence electrons. The average molecular weight is 142 g/mol. The second-order valence-corrected chi connectivity index (χ2v) is 2.76. The van der Waals surface area contributed by atoms with E-state index in [1.165, 1.54) is 0 Å². The van der Waals surface area contributed by atoms with Gasteiger partial charge in [0.15, 0.2) is 0 Å². The van der Waals surface area contributed by atoms with Gasteiger partial charge in [0.25, 0.3) is 0 Å². The molecule has 0 bridgehead atoms. The largest absolute Gasteiger partial charge is 0.390 e. The van der Waals surface area contributed by atoms with E-state index < -0.39 is 12.2 Å². The van der Waals surface area contributed by atoms with Crippen molar-refractivity contribution in [2.75, 3.05) is 0 Å². The molecule has 0 unspecified atom stereocenters. The van der Waals surface area contributed by atoms with Gasteiger partial charge in [-0.05, 0) is 25.7 Å². The fourth-order valence-electron chi connectivity index (χ4n) is 1.15. The van der Waals surface area contributed by atoms with E-state index in [4.69, 9.17) is 0 Å². The molecule has 10 heavy (non-hydrogen) atoms. The molecule has 1 aliphatic rings. The lowest BCUT2D eigenvalue weighted by atomic mass is 10.0. The fraction of sp³-hybridized carbons (Fsp3) is 0.750. The van der Waals surface area contributed by atoms with Crippen molar-refractivity contribution in [3.8, 4) is 0 Å². The Kier molecular flexibility index (Phi) is 2.90. The van der Waals surface area contributed by atoms with Crippen molar-refractivity contribution < 1.29 is 10.2 Å². The highest BCUT2D eigenvalue weighted by molar-refractivity contribution is 4.87. The van der Waals surface area contributed by atoms with Crippen molar-refractivity contribution in [3.05, 3.63) is 12.2 Å². The summed E-state index contributed by atoms with van der Waals surface area (Å²) in [5.74, 6) is 0. The monoisotopic (exact) mass is 142 g/mol. The van der Waals surface area contributed by atoms with Gasteiger partial charge in [-0.1, -0.05) is 12.2 Å². The first-order valence-corrected chi connectivity index (χ1v) is 3.82. The lowest BCUT2D eigenvalue weighted by molar-refractivity contribution is 0.0101. The van der Waals surface area contributed by atoms with Gasteiger partial charge < -0.3 is 10.2 Å². The van der Waals surface area contributed by atoms with Gasteiger partial charge in [0.05, 0.1) is 12.2 Å². The summed E-state index contributed by atoms with van der Waals surface area (Å²) in [6, 6.07) is 0. The Bertz CT molecular complexity index is 106.